The standard InChI is InChI=1S/C25H30N4O2/c1-16-12-18(19-10-11-29(5)24(30)14-19)6-7-21(16)22-8-9-23(28-27-22)31-20-13-17(2)26-25(3,4)15-20/h6-12,14,17,20,26H,13,15H2,1-5H3. The molecule has 0 amide bonds. The number of ether oxygens (including phenoxy) is 1. The molecule has 0 saturated carbocycles. The van der Waals surface area contributed by atoms with Crippen molar-refractivity contribution in [1.29, 1.82) is 0 Å². The predicted molar refractivity (Wildman–Crippen MR) is 123 cm³/mol. The molecule has 1 aliphatic heterocycles. The maximum Gasteiger partial charge on any atom is 0.250 e. The van der Waals surface area contributed by atoms with E-state index in [9.17, 15) is 4.79 Å². The zero-order valence-corrected chi connectivity index (χ0v) is 18.8. The van der Waals surface area contributed by atoms with Crippen molar-refractivity contribution in [2.75, 3.05) is 0 Å². The SMILES string of the molecule is Cc1cc(-c2ccn(C)c(=O)c2)ccc1-c1ccc(OC2CC(C)NC(C)(C)C2)nn1. The molecule has 6 heteroatoms. The van der Waals surface area contributed by atoms with Crippen LogP contribution in [0.5, 0.6) is 5.88 Å². The lowest BCUT2D eigenvalue weighted by Gasteiger charge is -2.40. The molecule has 1 saturated heterocycles. The summed E-state index contributed by atoms with van der Waals surface area (Å²) < 4.78 is 7.70. The van der Waals surface area contributed by atoms with Gasteiger partial charge in [0.25, 0.3) is 5.56 Å². The maximum absolute atomic E-state index is 11.9. The summed E-state index contributed by atoms with van der Waals surface area (Å²) in [5.41, 5.74) is 4.85. The summed E-state index contributed by atoms with van der Waals surface area (Å²) in [5.74, 6) is 0.563. The largest absolute Gasteiger partial charge is 0.473 e. The van der Waals surface area contributed by atoms with Crippen LogP contribution in [0.15, 0.2) is 53.5 Å². The number of aryl methyl sites for hydroxylation is 2. The molecule has 1 N–H and O–H groups in total. The van der Waals surface area contributed by atoms with Gasteiger partial charge in [-0.3, -0.25) is 4.79 Å². The van der Waals surface area contributed by atoms with E-state index in [1.165, 1.54) is 0 Å². The van der Waals surface area contributed by atoms with Gasteiger partial charge in [0.2, 0.25) is 5.88 Å². The summed E-state index contributed by atoms with van der Waals surface area (Å²) in [4.78, 5) is 11.9. The fourth-order valence-electron chi connectivity index (χ4n) is 4.48. The van der Waals surface area contributed by atoms with Gasteiger partial charge in [-0.15, -0.1) is 10.2 Å². The fourth-order valence-corrected chi connectivity index (χ4v) is 4.48. The maximum atomic E-state index is 11.9. The van der Waals surface area contributed by atoms with Crippen molar-refractivity contribution in [2.24, 2.45) is 7.05 Å². The first-order chi connectivity index (χ1) is 14.7. The Balaban J connectivity index is 1.51. The van der Waals surface area contributed by atoms with Crippen molar-refractivity contribution in [3.8, 4) is 28.3 Å². The Bertz CT molecular complexity index is 1140. The second-order valence-electron chi connectivity index (χ2n) is 9.26. The molecule has 6 nitrogen and oxygen atoms in total. The Morgan fingerprint density at radius 2 is 1.87 bits per heavy atom. The van der Waals surface area contributed by atoms with E-state index in [4.69, 9.17) is 4.74 Å². The van der Waals surface area contributed by atoms with Crippen LogP contribution in [0.1, 0.15) is 39.2 Å². The summed E-state index contributed by atoms with van der Waals surface area (Å²) >= 11 is 0. The van der Waals surface area contributed by atoms with Crippen LogP contribution in [0.2, 0.25) is 0 Å². The van der Waals surface area contributed by atoms with Gasteiger partial charge in [0.1, 0.15) is 6.10 Å². The molecule has 3 heterocycles. The van der Waals surface area contributed by atoms with Crippen LogP contribution in [0.25, 0.3) is 22.4 Å². The van der Waals surface area contributed by atoms with Gasteiger partial charge in [-0.1, -0.05) is 18.2 Å². The molecule has 0 bridgehead atoms. The van der Waals surface area contributed by atoms with E-state index >= 15 is 0 Å². The van der Waals surface area contributed by atoms with E-state index in [-0.39, 0.29) is 17.2 Å². The van der Waals surface area contributed by atoms with Gasteiger partial charge in [-0.05, 0) is 62.9 Å². The zero-order valence-electron chi connectivity index (χ0n) is 18.8. The van der Waals surface area contributed by atoms with Crippen molar-refractivity contribution < 1.29 is 4.74 Å². The Labute approximate surface area is 183 Å². The van der Waals surface area contributed by atoms with Crippen LogP contribution >= 0.6 is 0 Å². The Hall–Kier alpha value is -2.99. The van der Waals surface area contributed by atoms with Gasteiger partial charge in [0, 0.05) is 48.9 Å². The Kier molecular flexibility index (Phi) is 5.67. The fraction of sp³-hybridized carbons (Fsp3) is 0.400. The minimum Gasteiger partial charge on any atom is -0.473 e. The average Bonchev–Trinajstić information content (AvgIpc) is 2.69. The van der Waals surface area contributed by atoms with Gasteiger partial charge in [-0.2, -0.15) is 0 Å². The lowest BCUT2D eigenvalue weighted by molar-refractivity contribution is 0.0855. The third-order valence-corrected chi connectivity index (χ3v) is 5.86. The van der Waals surface area contributed by atoms with Crippen molar-refractivity contribution in [3.63, 3.8) is 0 Å². The lowest BCUT2D eigenvalue weighted by atomic mass is 9.87. The van der Waals surface area contributed by atoms with E-state index in [1.54, 1.807) is 23.9 Å². The van der Waals surface area contributed by atoms with E-state index < -0.39 is 0 Å². The Morgan fingerprint density at radius 3 is 2.52 bits per heavy atom. The molecule has 1 aliphatic rings. The average molecular weight is 419 g/mol. The third kappa shape index (κ3) is 4.85. The number of hydrogen-bond acceptors (Lipinski definition) is 5. The molecule has 31 heavy (non-hydrogen) atoms. The smallest absolute Gasteiger partial charge is 0.250 e. The van der Waals surface area contributed by atoms with Crippen molar-refractivity contribution >= 4 is 0 Å². The van der Waals surface area contributed by atoms with Crippen LogP contribution in [0.3, 0.4) is 0 Å². The lowest BCUT2D eigenvalue weighted by Crippen LogP contribution is -2.53. The highest BCUT2D eigenvalue weighted by molar-refractivity contribution is 5.71. The number of hydrogen-bond donors (Lipinski definition) is 1. The molecular weight excluding hydrogens is 388 g/mol. The van der Waals surface area contributed by atoms with Crippen LogP contribution in [-0.2, 0) is 7.05 Å². The van der Waals surface area contributed by atoms with E-state index in [2.05, 4.69) is 42.4 Å². The number of benzene rings is 1. The molecule has 2 atom stereocenters. The molecule has 0 aliphatic carbocycles. The topological polar surface area (TPSA) is 69.0 Å². The molecule has 2 unspecified atom stereocenters. The van der Waals surface area contributed by atoms with Gasteiger partial charge >= 0.3 is 0 Å². The highest BCUT2D eigenvalue weighted by atomic mass is 16.5. The first-order valence-corrected chi connectivity index (χ1v) is 10.8. The number of piperidine rings is 1. The van der Waals surface area contributed by atoms with Crippen LogP contribution in [0, 0.1) is 6.92 Å². The van der Waals surface area contributed by atoms with Gasteiger partial charge in [0.05, 0.1) is 5.69 Å². The zero-order chi connectivity index (χ0) is 22.2. The second-order valence-corrected chi connectivity index (χ2v) is 9.26. The molecule has 1 fully saturated rings. The van der Waals surface area contributed by atoms with Crippen molar-refractivity contribution in [2.45, 2.75) is 58.2 Å². The van der Waals surface area contributed by atoms with Crippen LogP contribution < -0.4 is 15.6 Å². The highest BCUT2D eigenvalue weighted by Gasteiger charge is 2.32. The number of aromatic nitrogens is 3. The highest BCUT2D eigenvalue weighted by Crippen LogP contribution is 2.29. The summed E-state index contributed by atoms with van der Waals surface area (Å²) in [5, 5.41) is 12.3. The van der Waals surface area contributed by atoms with Gasteiger partial charge in [0.15, 0.2) is 0 Å². The minimum absolute atomic E-state index is 0.0211. The third-order valence-electron chi connectivity index (χ3n) is 5.86. The summed E-state index contributed by atoms with van der Waals surface area (Å²) in [6.45, 7) is 8.64. The number of pyridine rings is 1. The Morgan fingerprint density at radius 1 is 1.10 bits per heavy atom. The van der Waals surface area contributed by atoms with E-state index in [1.807, 2.05) is 37.3 Å². The summed E-state index contributed by atoms with van der Waals surface area (Å²) in [6.07, 6.45) is 3.81. The number of nitrogens with zero attached hydrogens (tertiary/aromatic N) is 3. The van der Waals surface area contributed by atoms with Gasteiger partial charge < -0.3 is 14.6 Å². The van der Waals surface area contributed by atoms with E-state index in [0.29, 0.717) is 11.9 Å². The van der Waals surface area contributed by atoms with Crippen molar-refractivity contribution in [3.05, 3.63) is 64.6 Å². The van der Waals surface area contributed by atoms with Crippen LogP contribution in [0.4, 0.5) is 0 Å². The summed E-state index contributed by atoms with van der Waals surface area (Å²) in [7, 11) is 1.75. The first kappa shape index (κ1) is 21.2. The molecule has 1 aromatic carbocycles. The molecule has 0 spiro atoms. The normalized spacial score (nSPS) is 20.4. The minimum atomic E-state index is -0.0211. The quantitative estimate of drug-likeness (QED) is 0.690. The molecule has 0 radical (unpaired) electrons. The van der Waals surface area contributed by atoms with Crippen molar-refractivity contribution in [1.82, 2.24) is 20.1 Å². The first-order valence-electron chi connectivity index (χ1n) is 10.8. The molecule has 162 valence electrons. The second kappa shape index (κ2) is 8.27. The summed E-state index contributed by atoms with van der Waals surface area (Å²) in [6, 6.07) is 14.0. The molecule has 4 rings (SSSR count). The number of rotatable bonds is 4. The molecular formula is C25H30N4O2. The predicted octanol–water partition coefficient (Wildman–Crippen LogP) is 4.12. The molecule has 2 aromatic heterocycles. The monoisotopic (exact) mass is 418 g/mol. The van der Waals surface area contributed by atoms with E-state index in [0.717, 1.165) is 40.8 Å². The van der Waals surface area contributed by atoms with Crippen LogP contribution in [-0.4, -0.2) is 32.4 Å². The number of nitrogens with one attached hydrogen (secondary N) is 1. The van der Waals surface area contributed by atoms with Gasteiger partial charge in [-0.25, -0.2) is 0 Å². The molecule has 3 aromatic rings.